The zero-order chi connectivity index (χ0) is 23.0. The molecule has 1 saturated heterocycles. The fourth-order valence-electron chi connectivity index (χ4n) is 4.05. The zero-order valence-electron chi connectivity index (χ0n) is 18.5. The quantitative estimate of drug-likeness (QED) is 0.658. The van der Waals surface area contributed by atoms with E-state index in [0.29, 0.717) is 63.9 Å². The van der Waals surface area contributed by atoms with Gasteiger partial charge in [-0.05, 0) is 17.7 Å². The minimum absolute atomic E-state index is 0.233. The van der Waals surface area contributed by atoms with Crippen LogP contribution in [0.5, 0.6) is 0 Å². The van der Waals surface area contributed by atoms with Crippen LogP contribution in [0, 0.1) is 0 Å². The van der Waals surface area contributed by atoms with E-state index in [4.69, 9.17) is 14.2 Å². The summed E-state index contributed by atoms with van der Waals surface area (Å²) in [7, 11) is 0. The monoisotopic (exact) mass is 452 g/mol. The van der Waals surface area contributed by atoms with Crippen LogP contribution in [0.25, 0.3) is 0 Å². The smallest absolute Gasteiger partial charge is 0.262 e. The van der Waals surface area contributed by atoms with Crippen molar-refractivity contribution in [3.63, 3.8) is 0 Å². The molecule has 2 aliphatic rings. The third-order valence-electron chi connectivity index (χ3n) is 5.76. The first-order valence-electron chi connectivity index (χ1n) is 11.2. The Kier molecular flexibility index (Phi) is 7.83. The van der Waals surface area contributed by atoms with Gasteiger partial charge >= 0.3 is 0 Å². The summed E-state index contributed by atoms with van der Waals surface area (Å²) in [6.07, 6.45) is 0.233. The summed E-state index contributed by atoms with van der Waals surface area (Å²) < 4.78 is 16.6. The second kappa shape index (κ2) is 11.2. The number of amides is 3. The summed E-state index contributed by atoms with van der Waals surface area (Å²) in [5.41, 5.74) is 1.52. The third-order valence-corrected chi connectivity index (χ3v) is 5.76. The molecule has 0 radical (unpaired) electrons. The van der Waals surface area contributed by atoms with Gasteiger partial charge in [0.05, 0.1) is 50.8 Å². The van der Waals surface area contributed by atoms with E-state index >= 15 is 0 Å². The first kappa shape index (κ1) is 23.1. The number of fused-ring (bicyclic) bond motifs is 1. The molecule has 0 aromatic heterocycles. The van der Waals surface area contributed by atoms with Crippen LogP contribution in [-0.2, 0) is 25.4 Å². The molecule has 0 spiro atoms. The molecule has 1 atom stereocenters. The highest BCUT2D eigenvalue weighted by atomic mass is 16.5. The van der Waals surface area contributed by atoms with Gasteiger partial charge in [0, 0.05) is 19.5 Å². The van der Waals surface area contributed by atoms with Crippen LogP contribution in [0.2, 0.25) is 0 Å². The van der Waals surface area contributed by atoms with Crippen LogP contribution in [0.3, 0.4) is 0 Å². The Hall–Kier alpha value is -3.07. The number of hydrogen-bond acceptors (Lipinski definition) is 6. The van der Waals surface area contributed by atoms with E-state index in [0.717, 1.165) is 10.5 Å². The van der Waals surface area contributed by atoms with Gasteiger partial charge in [-0.2, -0.15) is 0 Å². The third kappa shape index (κ3) is 5.47. The molecular formula is C25H28N2O6. The van der Waals surface area contributed by atoms with E-state index in [2.05, 4.69) is 0 Å². The van der Waals surface area contributed by atoms with Crippen molar-refractivity contribution >= 4 is 17.7 Å². The molecule has 2 aliphatic heterocycles. The predicted molar refractivity (Wildman–Crippen MR) is 120 cm³/mol. The number of carbonyl (C=O) groups is 3. The van der Waals surface area contributed by atoms with Crippen molar-refractivity contribution in [3.05, 3.63) is 71.3 Å². The number of imide groups is 1. The number of carbonyl (C=O) groups excluding carboxylic acids is 3. The lowest BCUT2D eigenvalue weighted by atomic mass is 10.0. The molecule has 3 amide bonds. The van der Waals surface area contributed by atoms with E-state index < -0.39 is 17.9 Å². The van der Waals surface area contributed by atoms with Gasteiger partial charge in [0.1, 0.15) is 6.04 Å². The van der Waals surface area contributed by atoms with Gasteiger partial charge in [0.25, 0.3) is 11.8 Å². The van der Waals surface area contributed by atoms with E-state index in [9.17, 15) is 14.4 Å². The van der Waals surface area contributed by atoms with Gasteiger partial charge in [-0.3, -0.25) is 19.3 Å². The van der Waals surface area contributed by atoms with Crippen molar-refractivity contribution in [2.24, 2.45) is 0 Å². The summed E-state index contributed by atoms with van der Waals surface area (Å²) in [5, 5.41) is 0. The fourth-order valence-corrected chi connectivity index (χ4v) is 4.05. The Morgan fingerprint density at radius 1 is 0.727 bits per heavy atom. The van der Waals surface area contributed by atoms with E-state index in [1.165, 1.54) is 0 Å². The summed E-state index contributed by atoms with van der Waals surface area (Å²) >= 11 is 0. The number of rotatable bonds is 4. The zero-order valence-corrected chi connectivity index (χ0v) is 18.5. The SMILES string of the molecule is O=C(C(Cc1ccccc1)N1C(=O)c2ccccc2C1=O)N1CCOCCOCCOCC1. The van der Waals surface area contributed by atoms with Crippen molar-refractivity contribution in [2.75, 3.05) is 52.7 Å². The fraction of sp³-hybridized carbons (Fsp3) is 0.400. The number of benzene rings is 2. The first-order chi connectivity index (χ1) is 16.2. The number of ether oxygens (including phenoxy) is 3. The van der Waals surface area contributed by atoms with Crippen molar-refractivity contribution in [1.82, 2.24) is 9.80 Å². The summed E-state index contributed by atoms with van der Waals surface area (Å²) in [6, 6.07) is 15.1. The number of hydrogen-bond donors (Lipinski definition) is 0. The van der Waals surface area contributed by atoms with Crippen LogP contribution in [0.15, 0.2) is 54.6 Å². The highest BCUT2D eigenvalue weighted by molar-refractivity contribution is 6.22. The van der Waals surface area contributed by atoms with Crippen LogP contribution >= 0.6 is 0 Å². The lowest BCUT2D eigenvalue weighted by Gasteiger charge is -2.32. The lowest BCUT2D eigenvalue weighted by Crippen LogP contribution is -2.53. The first-order valence-corrected chi connectivity index (χ1v) is 11.2. The molecule has 0 bridgehead atoms. The van der Waals surface area contributed by atoms with Gasteiger partial charge in [-0.1, -0.05) is 42.5 Å². The van der Waals surface area contributed by atoms with E-state index in [1.54, 1.807) is 29.2 Å². The maximum atomic E-state index is 13.8. The topological polar surface area (TPSA) is 85.4 Å². The van der Waals surface area contributed by atoms with Crippen LogP contribution in [0.1, 0.15) is 26.3 Å². The molecule has 2 aromatic carbocycles. The van der Waals surface area contributed by atoms with Crippen molar-refractivity contribution < 1.29 is 28.6 Å². The maximum absolute atomic E-state index is 13.8. The molecule has 2 aromatic rings. The molecule has 0 N–H and O–H groups in total. The predicted octanol–water partition coefficient (Wildman–Crippen LogP) is 1.79. The standard InChI is InChI=1S/C25H28N2O6/c28-23-20-8-4-5-9-21(20)24(29)27(23)22(18-19-6-2-1-3-7-19)25(30)26-10-12-31-14-16-33-17-15-32-13-11-26/h1-9,22H,10-18H2. The average Bonchev–Trinajstić information content (AvgIpc) is 3.08. The Morgan fingerprint density at radius 2 is 1.21 bits per heavy atom. The molecule has 174 valence electrons. The van der Waals surface area contributed by atoms with Gasteiger partial charge < -0.3 is 19.1 Å². The highest BCUT2D eigenvalue weighted by Gasteiger charge is 2.43. The van der Waals surface area contributed by atoms with Gasteiger partial charge in [0.15, 0.2) is 0 Å². The molecule has 2 heterocycles. The van der Waals surface area contributed by atoms with Crippen molar-refractivity contribution in [2.45, 2.75) is 12.5 Å². The normalized spacial score (nSPS) is 18.9. The Labute approximate surface area is 193 Å². The molecule has 0 saturated carbocycles. The van der Waals surface area contributed by atoms with Crippen molar-refractivity contribution in [3.8, 4) is 0 Å². The molecule has 1 fully saturated rings. The Morgan fingerprint density at radius 3 is 1.76 bits per heavy atom. The summed E-state index contributed by atoms with van der Waals surface area (Å²) in [5.74, 6) is -1.18. The average molecular weight is 453 g/mol. The minimum Gasteiger partial charge on any atom is -0.377 e. The number of nitrogens with zero attached hydrogens (tertiary/aromatic N) is 2. The molecule has 8 heteroatoms. The van der Waals surface area contributed by atoms with Crippen molar-refractivity contribution in [1.29, 1.82) is 0 Å². The molecule has 0 aliphatic carbocycles. The lowest BCUT2D eigenvalue weighted by molar-refractivity contribution is -0.137. The van der Waals surface area contributed by atoms with Crippen LogP contribution in [0.4, 0.5) is 0 Å². The van der Waals surface area contributed by atoms with Crippen LogP contribution in [-0.4, -0.2) is 86.3 Å². The molecular weight excluding hydrogens is 424 g/mol. The maximum Gasteiger partial charge on any atom is 0.262 e. The van der Waals surface area contributed by atoms with Gasteiger partial charge in [0.2, 0.25) is 5.91 Å². The van der Waals surface area contributed by atoms with Gasteiger partial charge in [-0.15, -0.1) is 0 Å². The van der Waals surface area contributed by atoms with E-state index in [-0.39, 0.29) is 12.3 Å². The second-order valence-corrected chi connectivity index (χ2v) is 7.89. The van der Waals surface area contributed by atoms with Crippen LogP contribution < -0.4 is 0 Å². The van der Waals surface area contributed by atoms with E-state index in [1.807, 2.05) is 30.3 Å². The molecule has 8 nitrogen and oxygen atoms in total. The largest absolute Gasteiger partial charge is 0.377 e. The minimum atomic E-state index is -0.962. The second-order valence-electron chi connectivity index (χ2n) is 7.89. The highest BCUT2D eigenvalue weighted by Crippen LogP contribution is 2.27. The Balaban J connectivity index is 1.60. The van der Waals surface area contributed by atoms with Gasteiger partial charge in [-0.25, -0.2) is 0 Å². The Bertz CT molecular complexity index is 933. The molecule has 33 heavy (non-hydrogen) atoms. The molecule has 4 rings (SSSR count). The summed E-state index contributed by atoms with van der Waals surface area (Å²) in [4.78, 5) is 42.9. The summed E-state index contributed by atoms with van der Waals surface area (Å²) in [6.45, 7) is 3.09. The molecule has 1 unspecified atom stereocenters.